The Labute approximate surface area is 145 Å². The molecule has 0 aromatic heterocycles. The van der Waals surface area contributed by atoms with Crippen molar-refractivity contribution in [2.24, 2.45) is 0 Å². The van der Waals surface area contributed by atoms with E-state index in [2.05, 4.69) is 41.4 Å². The number of benzene rings is 2. The number of rotatable bonds is 8. The second-order valence-corrected chi connectivity index (χ2v) is 6.15. The van der Waals surface area contributed by atoms with Gasteiger partial charge in [-0.15, -0.1) is 0 Å². The molecule has 2 aromatic carbocycles. The zero-order valence-corrected chi connectivity index (χ0v) is 15.3. The number of nitrogens with one attached hydrogen (secondary N) is 1. The normalized spacial score (nSPS) is 12.2. The molecule has 0 bridgehead atoms. The molecule has 4 heteroatoms. The Balaban J connectivity index is 2.20. The zero-order valence-electron chi connectivity index (χ0n) is 15.3. The second kappa shape index (κ2) is 8.71. The second-order valence-electron chi connectivity index (χ2n) is 6.15. The van der Waals surface area contributed by atoms with E-state index in [1.165, 1.54) is 5.56 Å². The number of ether oxygens (including phenoxy) is 2. The van der Waals surface area contributed by atoms with Crippen molar-refractivity contribution >= 4 is 0 Å². The van der Waals surface area contributed by atoms with Gasteiger partial charge in [0.05, 0.1) is 7.11 Å². The molecule has 0 radical (unpaired) electrons. The predicted molar refractivity (Wildman–Crippen MR) is 100.0 cm³/mol. The van der Waals surface area contributed by atoms with E-state index in [1.54, 1.807) is 7.11 Å². The molecule has 0 aliphatic heterocycles. The summed E-state index contributed by atoms with van der Waals surface area (Å²) in [5.74, 6) is 1.77. The fourth-order valence-corrected chi connectivity index (χ4v) is 2.46. The van der Waals surface area contributed by atoms with Gasteiger partial charge in [-0.2, -0.15) is 0 Å². The van der Waals surface area contributed by atoms with Crippen LogP contribution in [0.15, 0.2) is 42.5 Å². The summed E-state index contributed by atoms with van der Waals surface area (Å²) in [5.41, 5.74) is 3.45. The monoisotopic (exact) mass is 328 g/mol. The van der Waals surface area contributed by atoms with Crippen LogP contribution in [0.25, 0.3) is 11.1 Å². The molecule has 4 nitrogen and oxygen atoms in total. The van der Waals surface area contributed by atoms with E-state index in [0.717, 1.165) is 29.2 Å². The lowest BCUT2D eigenvalue weighted by Gasteiger charge is -2.16. The minimum Gasteiger partial charge on any atom is -0.496 e. The molecule has 0 spiro atoms. The highest BCUT2D eigenvalue weighted by atomic mass is 16.5. The first-order valence-corrected chi connectivity index (χ1v) is 8.28. The summed E-state index contributed by atoms with van der Waals surface area (Å²) in [7, 11) is 7.75. The van der Waals surface area contributed by atoms with Gasteiger partial charge in [-0.3, -0.25) is 0 Å². The number of likely N-dealkylation sites (N-methyl/N-ethyl adjacent to an activating group) is 1. The standard InChI is InChI=1S/C20H28N2O2/c1-15(21-2)17-8-11-20(23-5)19(14-17)16-6-9-18(10-7-16)24-13-12-22(3)4/h6-11,14-15,21H,12-13H2,1-5H3. The molecule has 2 rings (SSSR count). The molecule has 0 heterocycles. The lowest BCUT2D eigenvalue weighted by Crippen LogP contribution is -2.19. The van der Waals surface area contributed by atoms with Crippen LogP contribution in [0.4, 0.5) is 0 Å². The lowest BCUT2D eigenvalue weighted by atomic mass is 9.99. The van der Waals surface area contributed by atoms with Crippen LogP contribution in [-0.4, -0.2) is 46.3 Å². The van der Waals surface area contributed by atoms with Crippen molar-refractivity contribution in [3.63, 3.8) is 0 Å². The fourth-order valence-electron chi connectivity index (χ4n) is 2.46. The Morgan fingerprint density at radius 1 is 1.08 bits per heavy atom. The summed E-state index contributed by atoms with van der Waals surface area (Å²) >= 11 is 0. The van der Waals surface area contributed by atoms with Crippen LogP contribution in [-0.2, 0) is 0 Å². The number of hydrogen-bond donors (Lipinski definition) is 1. The van der Waals surface area contributed by atoms with Crippen molar-refractivity contribution in [2.75, 3.05) is 41.4 Å². The van der Waals surface area contributed by atoms with Gasteiger partial charge in [0.1, 0.15) is 18.1 Å². The van der Waals surface area contributed by atoms with E-state index < -0.39 is 0 Å². The quantitative estimate of drug-likeness (QED) is 0.803. The van der Waals surface area contributed by atoms with E-state index in [1.807, 2.05) is 39.3 Å². The fraction of sp³-hybridized carbons (Fsp3) is 0.400. The lowest BCUT2D eigenvalue weighted by molar-refractivity contribution is 0.261. The van der Waals surface area contributed by atoms with E-state index in [4.69, 9.17) is 9.47 Å². The van der Waals surface area contributed by atoms with Gasteiger partial charge < -0.3 is 19.7 Å². The van der Waals surface area contributed by atoms with Gasteiger partial charge in [0.2, 0.25) is 0 Å². The zero-order chi connectivity index (χ0) is 17.5. The first-order chi connectivity index (χ1) is 11.5. The third kappa shape index (κ3) is 4.73. The highest BCUT2D eigenvalue weighted by molar-refractivity contribution is 5.71. The Bertz CT molecular complexity index is 639. The molecular formula is C20H28N2O2. The van der Waals surface area contributed by atoms with Crippen molar-refractivity contribution < 1.29 is 9.47 Å². The summed E-state index contributed by atoms with van der Waals surface area (Å²) in [6, 6.07) is 14.8. The molecule has 0 saturated heterocycles. The number of nitrogens with zero attached hydrogens (tertiary/aromatic N) is 1. The van der Waals surface area contributed by atoms with Gasteiger partial charge in [-0.25, -0.2) is 0 Å². The Morgan fingerprint density at radius 2 is 1.79 bits per heavy atom. The summed E-state index contributed by atoms with van der Waals surface area (Å²) in [6.07, 6.45) is 0. The van der Waals surface area contributed by atoms with Gasteiger partial charge in [0.25, 0.3) is 0 Å². The third-order valence-electron chi connectivity index (χ3n) is 4.13. The first-order valence-electron chi connectivity index (χ1n) is 8.28. The van der Waals surface area contributed by atoms with Crippen molar-refractivity contribution in [1.29, 1.82) is 0 Å². The highest BCUT2D eigenvalue weighted by Crippen LogP contribution is 2.33. The van der Waals surface area contributed by atoms with Crippen LogP contribution in [0.3, 0.4) is 0 Å². The maximum absolute atomic E-state index is 5.76. The molecule has 0 saturated carbocycles. The van der Waals surface area contributed by atoms with Crippen LogP contribution in [0.2, 0.25) is 0 Å². The van der Waals surface area contributed by atoms with Crippen molar-refractivity contribution in [2.45, 2.75) is 13.0 Å². The Hall–Kier alpha value is -2.04. The number of hydrogen-bond acceptors (Lipinski definition) is 4. The van der Waals surface area contributed by atoms with E-state index in [-0.39, 0.29) is 0 Å². The minimum atomic E-state index is 0.295. The molecule has 0 amide bonds. The van der Waals surface area contributed by atoms with Crippen molar-refractivity contribution in [3.8, 4) is 22.6 Å². The van der Waals surface area contributed by atoms with Gasteiger partial charge in [0, 0.05) is 18.2 Å². The number of methoxy groups -OCH3 is 1. The average molecular weight is 328 g/mol. The SMILES string of the molecule is CNC(C)c1ccc(OC)c(-c2ccc(OCCN(C)C)cc2)c1. The van der Waals surface area contributed by atoms with Crippen LogP contribution < -0.4 is 14.8 Å². The topological polar surface area (TPSA) is 33.7 Å². The molecular weight excluding hydrogens is 300 g/mol. The summed E-state index contributed by atoms with van der Waals surface area (Å²) in [4.78, 5) is 2.10. The smallest absolute Gasteiger partial charge is 0.126 e. The maximum atomic E-state index is 5.76. The van der Waals surface area contributed by atoms with Crippen LogP contribution >= 0.6 is 0 Å². The maximum Gasteiger partial charge on any atom is 0.126 e. The third-order valence-corrected chi connectivity index (χ3v) is 4.13. The highest BCUT2D eigenvalue weighted by Gasteiger charge is 2.10. The minimum absolute atomic E-state index is 0.295. The summed E-state index contributed by atoms with van der Waals surface area (Å²) in [6.45, 7) is 3.73. The molecule has 0 aliphatic carbocycles. The van der Waals surface area contributed by atoms with E-state index >= 15 is 0 Å². The molecule has 0 fully saturated rings. The molecule has 24 heavy (non-hydrogen) atoms. The molecule has 2 aromatic rings. The summed E-state index contributed by atoms with van der Waals surface area (Å²) in [5, 5.41) is 3.27. The van der Waals surface area contributed by atoms with Crippen molar-refractivity contribution in [3.05, 3.63) is 48.0 Å². The van der Waals surface area contributed by atoms with Crippen LogP contribution in [0.1, 0.15) is 18.5 Å². The molecule has 130 valence electrons. The largest absolute Gasteiger partial charge is 0.496 e. The molecule has 1 N–H and O–H groups in total. The van der Waals surface area contributed by atoms with Gasteiger partial charge in [0.15, 0.2) is 0 Å². The van der Waals surface area contributed by atoms with Gasteiger partial charge in [-0.1, -0.05) is 18.2 Å². The van der Waals surface area contributed by atoms with Crippen LogP contribution in [0, 0.1) is 0 Å². The molecule has 0 aliphatic rings. The first kappa shape index (κ1) is 18.3. The van der Waals surface area contributed by atoms with Gasteiger partial charge >= 0.3 is 0 Å². The van der Waals surface area contributed by atoms with E-state index in [0.29, 0.717) is 12.6 Å². The van der Waals surface area contributed by atoms with Crippen LogP contribution in [0.5, 0.6) is 11.5 Å². The Kier molecular flexibility index (Phi) is 6.64. The van der Waals surface area contributed by atoms with E-state index in [9.17, 15) is 0 Å². The van der Waals surface area contributed by atoms with Crippen molar-refractivity contribution in [1.82, 2.24) is 10.2 Å². The molecule has 1 unspecified atom stereocenters. The Morgan fingerprint density at radius 3 is 2.38 bits per heavy atom. The summed E-state index contributed by atoms with van der Waals surface area (Å²) < 4.78 is 11.3. The average Bonchev–Trinajstić information content (AvgIpc) is 2.60. The predicted octanol–water partition coefficient (Wildman–Crippen LogP) is 3.58. The van der Waals surface area contributed by atoms with Gasteiger partial charge in [-0.05, 0) is 63.5 Å². The molecule has 1 atom stereocenters.